The zero-order valence-corrected chi connectivity index (χ0v) is 14.9. The number of hydrogen-bond donors (Lipinski definition) is 2. The summed E-state index contributed by atoms with van der Waals surface area (Å²) in [5.41, 5.74) is 4.97. The smallest absolute Gasteiger partial charge is 0.251 e. The predicted octanol–water partition coefficient (Wildman–Crippen LogP) is 3.03. The van der Waals surface area contributed by atoms with Gasteiger partial charge in [0.15, 0.2) is 0 Å². The van der Waals surface area contributed by atoms with Gasteiger partial charge >= 0.3 is 0 Å². The van der Waals surface area contributed by atoms with Gasteiger partial charge in [-0.1, -0.05) is 12.1 Å². The van der Waals surface area contributed by atoms with Crippen LogP contribution in [0.2, 0.25) is 0 Å². The minimum Gasteiger partial charge on any atom is -0.379 e. The van der Waals surface area contributed by atoms with Gasteiger partial charge in [-0.3, -0.25) is 19.7 Å². The Balaban J connectivity index is 1.65. The SMILES string of the molecule is Cc1cnc(CNC(=O)c2cccc(NCc3ccccn3)c2C)cn1. The van der Waals surface area contributed by atoms with E-state index in [4.69, 9.17) is 0 Å². The number of benzene rings is 1. The van der Waals surface area contributed by atoms with Gasteiger partial charge in [-0.15, -0.1) is 0 Å². The molecule has 0 aliphatic rings. The summed E-state index contributed by atoms with van der Waals surface area (Å²) in [6, 6.07) is 11.4. The van der Waals surface area contributed by atoms with Gasteiger partial charge in [0, 0.05) is 23.6 Å². The summed E-state index contributed by atoms with van der Waals surface area (Å²) in [7, 11) is 0. The van der Waals surface area contributed by atoms with E-state index in [0.29, 0.717) is 18.7 Å². The molecule has 6 nitrogen and oxygen atoms in total. The molecular weight excluding hydrogens is 326 g/mol. The number of rotatable bonds is 6. The van der Waals surface area contributed by atoms with E-state index in [1.54, 1.807) is 18.6 Å². The normalized spacial score (nSPS) is 10.4. The first kappa shape index (κ1) is 17.5. The molecule has 2 aromatic heterocycles. The van der Waals surface area contributed by atoms with E-state index in [2.05, 4.69) is 25.6 Å². The number of pyridine rings is 1. The Kier molecular flexibility index (Phi) is 5.53. The van der Waals surface area contributed by atoms with Crippen LogP contribution in [-0.2, 0) is 13.1 Å². The van der Waals surface area contributed by atoms with Gasteiger partial charge in [0.2, 0.25) is 0 Å². The van der Waals surface area contributed by atoms with Gasteiger partial charge in [-0.05, 0) is 43.7 Å². The number of carbonyl (C=O) groups is 1. The molecule has 1 aromatic carbocycles. The van der Waals surface area contributed by atoms with Crippen LogP contribution in [0.5, 0.6) is 0 Å². The first-order valence-electron chi connectivity index (χ1n) is 8.42. The second kappa shape index (κ2) is 8.20. The zero-order chi connectivity index (χ0) is 18.4. The average Bonchev–Trinajstić information content (AvgIpc) is 2.67. The Hall–Kier alpha value is -3.28. The summed E-state index contributed by atoms with van der Waals surface area (Å²) >= 11 is 0. The van der Waals surface area contributed by atoms with Crippen LogP contribution in [0.15, 0.2) is 55.0 Å². The number of nitrogens with one attached hydrogen (secondary N) is 2. The molecule has 3 aromatic rings. The van der Waals surface area contributed by atoms with Crippen LogP contribution in [0.25, 0.3) is 0 Å². The molecule has 0 radical (unpaired) electrons. The third-order valence-electron chi connectivity index (χ3n) is 4.03. The molecule has 0 atom stereocenters. The van der Waals surface area contributed by atoms with E-state index in [1.165, 1.54) is 0 Å². The zero-order valence-electron chi connectivity index (χ0n) is 14.9. The second-order valence-electron chi connectivity index (χ2n) is 5.98. The number of aromatic nitrogens is 3. The maximum atomic E-state index is 12.5. The highest BCUT2D eigenvalue weighted by Crippen LogP contribution is 2.19. The van der Waals surface area contributed by atoms with Crippen molar-refractivity contribution >= 4 is 11.6 Å². The van der Waals surface area contributed by atoms with Crippen LogP contribution in [0.3, 0.4) is 0 Å². The van der Waals surface area contributed by atoms with E-state index in [0.717, 1.165) is 28.3 Å². The fourth-order valence-electron chi connectivity index (χ4n) is 2.54. The number of anilines is 1. The minimum absolute atomic E-state index is 0.133. The van der Waals surface area contributed by atoms with Crippen molar-refractivity contribution in [2.24, 2.45) is 0 Å². The summed E-state index contributed by atoms with van der Waals surface area (Å²) in [5, 5.41) is 6.23. The molecule has 0 unspecified atom stereocenters. The molecule has 2 N–H and O–H groups in total. The average molecular weight is 347 g/mol. The molecule has 26 heavy (non-hydrogen) atoms. The van der Waals surface area contributed by atoms with E-state index < -0.39 is 0 Å². The molecule has 132 valence electrons. The number of nitrogens with zero attached hydrogens (tertiary/aromatic N) is 3. The molecule has 6 heteroatoms. The first-order chi connectivity index (χ1) is 12.6. The predicted molar refractivity (Wildman–Crippen MR) is 101 cm³/mol. The van der Waals surface area contributed by atoms with E-state index in [-0.39, 0.29) is 5.91 Å². The monoisotopic (exact) mass is 347 g/mol. The molecule has 0 fully saturated rings. The van der Waals surface area contributed by atoms with Gasteiger partial charge in [-0.25, -0.2) is 0 Å². The van der Waals surface area contributed by atoms with Gasteiger partial charge in [0.1, 0.15) is 0 Å². The van der Waals surface area contributed by atoms with Gasteiger partial charge in [-0.2, -0.15) is 0 Å². The molecule has 0 bridgehead atoms. The fourth-order valence-corrected chi connectivity index (χ4v) is 2.54. The standard InChI is InChI=1S/C20H21N5O/c1-14-10-23-17(12-22-14)13-25-20(26)18-7-5-8-19(15(18)2)24-11-16-6-3-4-9-21-16/h3-10,12,24H,11,13H2,1-2H3,(H,25,26). The number of carbonyl (C=O) groups excluding carboxylic acids is 1. The van der Waals surface area contributed by atoms with Gasteiger partial charge in [0.05, 0.1) is 36.4 Å². The van der Waals surface area contributed by atoms with Crippen LogP contribution in [-0.4, -0.2) is 20.9 Å². The summed E-state index contributed by atoms with van der Waals surface area (Å²) in [4.78, 5) is 25.3. The number of aryl methyl sites for hydroxylation is 1. The molecule has 0 aliphatic heterocycles. The van der Waals surface area contributed by atoms with Crippen LogP contribution in [0.1, 0.15) is 33.0 Å². The van der Waals surface area contributed by atoms with Crippen molar-refractivity contribution in [2.75, 3.05) is 5.32 Å². The maximum Gasteiger partial charge on any atom is 0.251 e. The lowest BCUT2D eigenvalue weighted by Gasteiger charge is -2.13. The molecule has 0 saturated heterocycles. The van der Waals surface area contributed by atoms with Crippen LogP contribution < -0.4 is 10.6 Å². The van der Waals surface area contributed by atoms with Crippen molar-refractivity contribution in [3.63, 3.8) is 0 Å². The van der Waals surface area contributed by atoms with E-state index in [9.17, 15) is 4.79 Å². The van der Waals surface area contributed by atoms with Gasteiger partial charge < -0.3 is 10.6 Å². The quantitative estimate of drug-likeness (QED) is 0.716. The summed E-state index contributed by atoms with van der Waals surface area (Å²) in [5.74, 6) is -0.133. The Labute approximate surface area is 152 Å². The highest BCUT2D eigenvalue weighted by molar-refractivity contribution is 5.96. The highest BCUT2D eigenvalue weighted by Gasteiger charge is 2.12. The van der Waals surface area contributed by atoms with Crippen molar-refractivity contribution in [1.29, 1.82) is 0 Å². The number of hydrogen-bond acceptors (Lipinski definition) is 5. The van der Waals surface area contributed by atoms with Crippen molar-refractivity contribution < 1.29 is 4.79 Å². The van der Waals surface area contributed by atoms with E-state index in [1.807, 2.05) is 50.2 Å². The summed E-state index contributed by atoms with van der Waals surface area (Å²) < 4.78 is 0. The third kappa shape index (κ3) is 4.42. The van der Waals surface area contributed by atoms with E-state index >= 15 is 0 Å². The van der Waals surface area contributed by atoms with Crippen LogP contribution in [0.4, 0.5) is 5.69 Å². The Bertz CT molecular complexity index is 878. The molecule has 0 saturated carbocycles. The highest BCUT2D eigenvalue weighted by atomic mass is 16.1. The fraction of sp³-hybridized carbons (Fsp3) is 0.200. The first-order valence-corrected chi connectivity index (χ1v) is 8.42. The maximum absolute atomic E-state index is 12.5. The summed E-state index contributed by atoms with van der Waals surface area (Å²) in [6.07, 6.45) is 5.13. The largest absolute Gasteiger partial charge is 0.379 e. The molecule has 1 amide bonds. The lowest BCUT2D eigenvalue weighted by molar-refractivity contribution is 0.0950. The molecular formula is C20H21N5O. The number of amides is 1. The Morgan fingerprint density at radius 1 is 0.923 bits per heavy atom. The summed E-state index contributed by atoms with van der Waals surface area (Å²) in [6.45, 7) is 4.76. The van der Waals surface area contributed by atoms with Crippen molar-refractivity contribution in [3.8, 4) is 0 Å². The molecule has 0 spiro atoms. The van der Waals surface area contributed by atoms with Crippen LogP contribution in [0, 0.1) is 13.8 Å². The molecule has 2 heterocycles. The minimum atomic E-state index is -0.133. The Morgan fingerprint density at radius 2 is 1.81 bits per heavy atom. The third-order valence-corrected chi connectivity index (χ3v) is 4.03. The van der Waals surface area contributed by atoms with Crippen molar-refractivity contribution in [1.82, 2.24) is 20.3 Å². The second-order valence-corrected chi connectivity index (χ2v) is 5.98. The lowest BCUT2D eigenvalue weighted by atomic mass is 10.1. The molecule has 0 aliphatic carbocycles. The topological polar surface area (TPSA) is 79.8 Å². The van der Waals surface area contributed by atoms with Gasteiger partial charge in [0.25, 0.3) is 5.91 Å². The lowest BCUT2D eigenvalue weighted by Crippen LogP contribution is -2.24. The van der Waals surface area contributed by atoms with Crippen molar-refractivity contribution in [3.05, 3.63) is 83.2 Å². The van der Waals surface area contributed by atoms with Crippen molar-refractivity contribution in [2.45, 2.75) is 26.9 Å². The molecule has 3 rings (SSSR count). The Morgan fingerprint density at radius 3 is 2.54 bits per heavy atom. The van der Waals surface area contributed by atoms with Crippen LogP contribution >= 0.6 is 0 Å².